The molecule has 5 aromatic rings. The molecule has 0 aliphatic carbocycles. The standard InChI is InChI=1S/C24H20N2O2S2/c1-15-11-12-17(13-29-23-25-19-7-3-5-9-21(19)27-23)18(16(15)2)14-30-24-26-20-8-4-6-10-22(20)28-24/h3-12H,13-14H2,1-2H3. The zero-order valence-electron chi connectivity index (χ0n) is 16.7. The Balaban J connectivity index is 1.36. The van der Waals surface area contributed by atoms with Crippen molar-refractivity contribution >= 4 is 45.7 Å². The lowest BCUT2D eigenvalue weighted by atomic mass is 10.00. The van der Waals surface area contributed by atoms with E-state index in [1.807, 2.05) is 48.5 Å². The average Bonchev–Trinajstić information content (AvgIpc) is 3.37. The van der Waals surface area contributed by atoms with Crippen molar-refractivity contribution in [3.05, 3.63) is 82.9 Å². The van der Waals surface area contributed by atoms with Gasteiger partial charge in [0.05, 0.1) is 0 Å². The second kappa shape index (κ2) is 8.20. The van der Waals surface area contributed by atoms with Crippen molar-refractivity contribution < 1.29 is 8.83 Å². The second-order valence-electron chi connectivity index (χ2n) is 7.12. The Bertz CT molecular complexity index is 1270. The predicted molar refractivity (Wildman–Crippen MR) is 123 cm³/mol. The Morgan fingerprint density at radius 1 is 0.700 bits per heavy atom. The number of aromatic nitrogens is 2. The number of para-hydroxylation sites is 4. The van der Waals surface area contributed by atoms with Gasteiger partial charge in [0, 0.05) is 11.5 Å². The van der Waals surface area contributed by atoms with Crippen molar-refractivity contribution in [3.63, 3.8) is 0 Å². The van der Waals surface area contributed by atoms with Gasteiger partial charge in [-0.2, -0.15) is 0 Å². The van der Waals surface area contributed by atoms with Crippen LogP contribution in [0.5, 0.6) is 0 Å². The lowest BCUT2D eigenvalue weighted by molar-refractivity contribution is 0.489. The van der Waals surface area contributed by atoms with E-state index >= 15 is 0 Å². The SMILES string of the molecule is Cc1ccc(CSc2nc3ccccc3o2)c(CSc2nc3ccccc3o2)c1C. The van der Waals surface area contributed by atoms with Crippen molar-refractivity contribution in [2.24, 2.45) is 0 Å². The van der Waals surface area contributed by atoms with E-state index in [4.69, 9.17) is 8.83 Å². The quantitative estimate of drug-likeness (QED) is 0.265. The van der Waals surface area contributed by atoms with Crippen LogP contribution in [-0.2, 0) is 11.5 Å². The van der Waals surface area contributed by atoms with Crippen molar-refractivity contribution in [2.45, 2.75) is 35.8 Å². The van der Waals surface area contributed by atoms with Crippen molar-refractivity contribution in [2.75, 3.05) is 0 Å². The molecule has 0 aliphatic heterocycles. The summed E-state index contributed by atoms with van der Waals surface area (Å²) >= 11 is 3.26. The molecule has 0 bridgehead atoms. The van der Waals surface area contributed by atoms with E-state index < -0.39 is 0 Å². The third-order valence-corrected chi connectivity index (χ3v) is 6.94. The van der Waals surface area contributed by atoms with Crippen molar-refractivity contribution in [1.29, 1.82) is 0 Å². The highest BCUT2D eigenvalue weighted by Crippen LogP contribution is 2.33. The van der Waals surface area contributed by atoms with Crippen LogP contribution in [-0.4, -0.2) is 9.97 Å². The molecule has 3 aromatic carbocycles. The highest BCUT2D eigenvalue weighted by atomic mass is 32.2. The third kappa shape index (κ3) is 3.85. The van der Waals surface area contributed by atoms with Gasteiger partial charge in [-0.15, -0.1) is 0 Å². The van der Waals surface area contributed by atoms with Gasteiger partial charge >= 0.3 is 0 Å². The Labute approximate surface area is 183 Å². The Morgan fingerprint density at radius 2 is 1.27 bits per heavy atom. The zero-order valence-corrected chi connectivity index (χ0v) is 18.3. The van der Waals surface area contributed by atoms with Crippen LogP contribution < -0.4 is 0 Å². The van der Waals surface area contributed by atoms with Crippen LogP contribution in [0.3, 0.4) is 0 Å². The van der Waals surface area contributed by atoms with Gasteiger partial charge in [-0.05, 0) is 60.4 Å². The molecule has 0 fully saturated rings. The summed E-state index contributed by atoms with van der Waals surface area (Å²) < 4.78 is 11.8. The maximum Gasteiger partial charge on any atom is 0.257 e. The summed E-state index contributed by atoms with van der Waals surface area (Å²) in [5.41, 5.74) is 8.66. The molecular weight excluding hydrogens is 412 g/mol. The van der Waals surface area contributed by atoms with E-state index in [1.165, 1.54) is 22.3 Å². The first kappa shape index (κ1) is 19.3. The van der Waals surface area contributed by atoms with E-state index in [0.717, 1.165) is 33.7 Å². The molecule has 30 heavy (non-hydrogen) atoms. The third-order valence-electron chi connectivity index (χ3n) is 5.21. The van der Waals surface area contributed by atoms with Gasteiger partial charge in [-0.25, -0.2) is 9.97 Å². The Kier molecular flexibility index (Phi) is 5.27. The molecule has 150 valence electrons. The lowest BCUT2D eigenvalue weighted by Crippen LogP contribution is -1.97. The fourth-order valence-electron chi connectivity index (χ4n) is 3.37. The van der Waals surface area contributed by atoms with Crippen LogP contribution in [0.2, 0.25) is 0 Å². The second-order valence-corrected chi connectivity index (χ2v) is 8.97. The number of nitrogens with zero attached hydrogens (tertiary/aromatic N) is 2. The largest absolute Gasteiger partial charge is 0.431 e. The fourth-order valence-corrected chi connectivity index (χ4v) is 5.21. The van der Waals surface area contributed by atoms with E-state index in [-0.39, 0.29) is 0 Å². The van der Waals surface area contributed by atoms with Crippen LogP contribution in [0.4, 0.5) is 0 Å². The molecule has 0 saturated carbocycles. The predicted octanol–water partition coefficient (Wildman–Crippen LogP) is 7.17. The monoisotopic (exact) mass is 432 g/mol. The number of hydrogen-bond donors (Lipinski definition) is 0. The minimum atomic E-state index is 0.701. The molecule has 0 unspecified atom stereocenters. The van der Waals surface area contributed by atoms with Gasteiger partial charge in [-0.3, -0.25) is 0 Å². The molecular formula is C24H20N2O2S2. The first-order valence-electron chi connectivity index (χ1n) is 9.72. The number of oxazole rings is 2. The van der Waals surface area contributed by atoms with Gasteiger partial charge in [0.2, 0.25) is 0 Å². The highest BCUT2D eigenvalue weighted by Gasteiger charge is 2.14. The molecule has 0 atom stereocenters. The fraction of sp³-hybridized carbons (Fsp3) is 0.167. The smallest absolute Gasteiger partial charge is 0.257 e. The van der Waals surface area contributed by atoms with Crippen molar-refractivity contribution in [3.8, 4) is 0 Å². The number of aryl methyl sites for hydroxylation is 1. The van der Waals surface area contributed by atoms with E-state index in [9.17, 15) is 0 Å². The molecule has 0 spiro atoms. The summed E-state index contributed by atoms with van der Waals surface area (Å²) in [6.07, 6.45) is 0. The van der Waals surface area contributed by atoms with Crippen LogP contribution >= 0.6 is 23.5 Å². The Hall–Kier alpha value is -2.70. The molecule has 0 N–H and O–H groups in total. The highest BCUT2D eigenvalue weighted by molar-refractivity contribution is 7.98. The minimum absolute atomic E-state index is 0.701. The molecule has 0 saturated heterocycles. The number of fused-ring (bicyclic) bond motifs is 2. The maximum atomic E-state index is 5.88. The summed E-state index contributed by atoms with van der Waals surface area (Å²) in [6.45, 7) is 4.34. The Morgan fingerprint density at radius 3 is 1.87 bits per heavy atom. The first-order valence-corrected chi connectivity index (χ1v) is 11.7. The van der Waals surface area contributed by atoms with Gasteiger partial charge in [0.25, 0.3) is 10.4 Å². The minimum Gasteiger partial charge on any atom is -0.431 e. The number of thioether (sulfide) groups is 2. The summed E-state index contributed by atoms with van der Waals surface area (Å²) in [5.74, 6) is 1.61. The number of benzene rings is 3. The molecule has 0 radical (unpaired) electrons. The van der Waals surface area contributed by atoms with Gasteiger partial charge in [0.15, 0.2) is 11.2 Å². The number of hydrogen-bond acceptors (Lipinski definition) is 6. The summed E-state index contributed by atoms with van der Waals surface area (Å²) in [5, 5.41) is 1.40. The average molecular weight is 433 g/mol. The van der Waals surface area contributed by atoms with Crippen LogP contribution in [0.15, 0.2) is 79.9 Å². The van der Waals surface area contributed by atoms with Crippen LogP contribution in [0.25, 0.3) is 22.2 Å². The molecule has 4 nitrogen and oxygen atoms in total. The van der Waals surface area contributed by atoms with Gasteiger partial charge in [-0.1, -0.05) is 59.9 Å². The van der Waals surface area contributed by atoms with E-state index in [0.29, 0.717) is 10.4 Å². The normalized spacial score (nSPS) is 11.5. The van der Waals surface area contributed by atoms with Crippen LogP contribution in [0, 0.1) is 13.8 Å². The molecule has 2 heterocycles. The lowest BCUT2D eigenvalue weighted by Gasteiger charge is -2.13. The van der Waals surface area contributed by atoms with E-state index in [2.05, 4.69) is 35.9 Å². The van der Waals surface area contributed by atoms with Gasteiger partial charge in [0.1, 0.15) is 11.0 Å². The topological polar surface area (TPSA) is 52.1 Å². The zero-order chi connectivity index (χ0) is 20.5. The molecule has 5 rings (SSSR count). The number of rotatable bonds is 6. The summed E-state index contributed by atoms with van der Waals surface area (Å²) in [7, 11) is 0. The molecule has 2 aromatic heterocycles. The van der Waals surface area contributed by atoms with Crippen molar-refractivity contribution in [1.82, 2.24) is 9.97 Å². The molecule has 0 aliphatic rings. The van der Waals surface area contributed by atoms with Gasteiger partial charge < -0.3 is 8.83 Å². The molecule has 0 amide bonds. The maximum absolute atomic E-state index is 5.88. The summed E-state index contributed by atoms with van der Waals surface area (Å²) in [4.78, 5) is 9.17. The molecule has 6 heteroatoms. The van der Waals surface area contributed by atoms with Crippen LogP contribution in [0.1, 0.15) is 22.3 Å². The van der Waals surface area contributed by atoms with E-state index in [1.54, 1.807) is 23.5 Å². The first-order chi connectivity index (χ1) is 14.7. The summed E-state index contributed by atoms with van der Waals surface area (Å²) in [6, 6.07) is 20.1.